The summed E-state index contributed by atoms with van der Waals surface area (Å²) in [7, 11) is 0. The summed E-state index contributed by atoms with van der Waals surface area (Å²) in [5, 5.41) is 10.9. The largest absolute Gasteiger partial charge is 0.481 e. The predicted molar refractivity (Wildman–Crippen MR) is 74.4 cm³/mol. The Kier molecular flexibility index (Phi) is 6.81. The van der Waals surface area contributed by atoms with Gasteiger partial charge < -0.3 is 10.4 Å². The van der Waals surface area contributed by atoms with Crippen LogP contribution in [0.4, 0.5) is 0 Å². The molecule has 1 heterocycles. The molecule has 3 heteroatoms. The molecule has 1 atom stereocenters. The molecule has 0 spiro atoms. The minimum absolute atomic E-state index is 0.587. The van der Waals surface area contributed by atoms with Gasteiger partial charge in [-0.05, 0) is 24.9 Å². The van der Waals surface area contributed by atoms with Gasteiger partial charge in [-0.25, -0.2) is 0 Å². The van der Waals surface area contributed by atoms with Crippen LogP contribution >= 0.6 is 0 Å². The van der Waals surface area contributed by atoms with Crippen LogP contribution < -0.4 is 5.32 Å². The number of hydrogen-bond acceptors (Lipinski definition) is 2. The quantitative estimate of drug-likeness (QED) is 0.844. The van der Waals surface area contributed by atoms with E-state index in [1.54, 1.807) is 0 Å². The van der Waals surface area contributed by atoms with Crippen molar-refractivity contribution in [1.82, 2.24) is 5.32 Å². The molecule has 18 heavy (non-hydrogen) atoms. The third kappa shape index (κ3) is 6.86. The fourth-order valence-electron chi connectivity index (χ4n) is 1.83. The van der Waals surface area contributed by atoms with E-state index in [9.17, 15) is 0 Å². The molecule has 3 nitrogen and oxygen atoms in total. The summed E-state index contributed by atoms with van der Waals surface area (Å²) in [6.45, 7) is 2.25. The van der Waals surface area contributed by atoms with Crippen LogP contribution in [0.15, 0.2) is 36.4 Å². The minimum Gasteiger partial charge on any atom is -0.481 e. The average molecular weight is 247 g/mol. The number of rotatable bonds is 2. The van der Waals surface area contributed by atoms with Crippen molar-refractivity contribution in [2.75, 3.05) is 6.54 Å². The van der Waals surface area contributed by atoms with Crippen molar-refractivity contribution in [3.8, 4) is 0 Å². The maximum atomic E-state index is 9.00. The van der Waals surface area contributed by atoms with Gasteiger partial charge in [-0.1, -0.05) is 48.9 Å². The number of hydrogen-bond donors (Lipinski definition) is 2. The van der Waals surface area contributed by atoms with Gasteiger partial charge in [0, 0.05) is 13.0 Å². The summed E-state index contributed by atoms with van der Waals surface area (Å²) in [5.41, 5.74) is 1.29. The van der Waals surface area contributed by atoms with Crippen LogP contribution in [0.2, 0.25) is 0 Å². The molecule has 0 aromatic heterocycles. The van der Waals surface area contributed by atoms with Gasteiger partial charge in [0.05, 0.1) is 0 Å². The Morgan fingerprint density at radius 3 is 2.56 bits per heavy atom. The van der Waals surface area contributed by atoms with Crippen LogP contribution in [0.1, 0.15) is 31.7 Å². The van der Waals surface area contributed by atoms with Gasteiger partial charge in [-0.15, -0.1) is 0 Å². The first-order chi connectivity index (χ1) is 8.68. The number of benzene rings is 1. The highest BCUT2D eigenvalue weighted by molar-refractivity contribution is 5.62. The number of carboxylic acids is 1. The lowest BCUT2D eigenvalue weighted by molar-refractivity contribution is -0.134. The van der Waals surface area contributed by atoms with E-state index in [-0.39, 0.29) is 0 Å². The van der Waals surface area contributed by atoms with Gasteiger partial charge in [0.2, 0.25) is 0 Å². The van der Waals surface area contributed by atoms with E-state index < -0.39 is 5.97 Å². The van der Waals surface area contributed by atoms with E-state index in [0.29, 0.717) is 6.04 Å². The molecule has 1 aromatic rings. The van der Waals surface area contributed by atoms with Gasteiger partial charge in [-0.2, -0.15) is 0 Å². The Morgan fingerprint density at radius 2 is 2.00 bits per heavy atom. The Hall–Kier alpha value is -1.61. The zero-order valence-corrected chi connectivity index (χ0v) is 10.8. The van der Waals surface area contributed by atoms with Crippen LogP contribution in [0.25, 0.3) is 6.08 Å². The van der Waals surface area contributed by atoms with Crippen molar-refractivity contribution in [2.45, 2.75) is 32.2 Å². The molecule has 1 aliphatic rings. The second-order valence-corrected chi connectivity index (χ2v) is 4.35. The van der Waals surface area contributed by atoms with Crippen molar-refractivity contribution in [3.05, 3.63) is 42.0 Å². The second-order valence-electron chi connectivity index (χ2n) is 4.35. The molecule has 2 rings (SSSR count). The predicted octanol–water partition coefficient (Wildman–Crippen LogP) is 2.93. The van der Waals surface area contributed by atoms with Gasteiger partial charge in [-0.3, -0.25) is 4.79 Å². The van der Waals surface area contributed by atoms with Crippen LogP contribution in [0.5, 0.6) is 0 Å². The van der Waals surface area contributed by atoms with Crippen LogP contribution in [0, 0.1) is 0 Å². The van der Waals surface area contributed by atoms with Gasteiger partial charge >= 0.3 is 0 Å². The van der Waals surface area contributed by atoms with Crippen LogP contribution in [-0.2, 0) is 4.79 Å². The Labute approximate surface area is 109 Å². The molecule has 1 aromatic carbocycles. The fourth-order valence-corrected chi connectivity index (χ4v) is 1.83. The molecule has 0 aliphatic carbocycles. The van der Waals surface area contributed by atoms with Crippen molar-refractivity contribution < 1.29 is 9.90 Å². The normalized spacial score (nSPS) is 19.1. The molecular weight excluding hydrogens is 226 g/mol. The monoisotopic (exact) mass is 247 g/mol. The molecule has 1 saturated heterocycles. The average Bonchev–Trinajstić information content (AvgIpc) is 2.38. The summed E-state index contributed by atoms with van der Waals surface area (Å²) >= 11 is 0. The van der Waals surface area contributed by atoms with E-state index in [1.165, 1.54) is 31.4 Å². The first-order valence-electron chi connectivity index (χ1n) is 6.34. The molecule has 98 valence electrons. The van der Waals surface area contributed by atoms with Gasteiger partial charge in [0.25, 0.3) is 5.97 Å². The van der Waals surface area contributed by atoms with Crippen LogP contribution in [-0.4, -0.2) is 23.7 Å². The number of carbonyl (C=O) groups is 1. The Balaban J connectivity index is 0.000000357. The van der Waals surface area contributed by atoms with Gasteiger partial charge in [0.1, 0.15) is 0 Å². The summed E-state index contributed by atoms with van der Waals surface area (Å²) in [4.78, 5) is 9.00. The lowest BCUT2D eigenvalue weighted by Crippen LogP contribution is -2.31. The van der Waals surface area contributed by atoms with Crippen molar-refractivity contribution in [2.24, 2.45) is 0 Å². The highest BCUT2D eigenvalue weighted by Crippen LogP contribution is 2.10. The number of aliphatic carboxylic acids is 1. The molecule has 1 fully saturated rings. The van der Waals surface area contributed by atoms with Crippen molar-refractivity contribution >= 4 is 12.0 Å². The summed E-state index contributed by atoms with van der Waals surface area (Å²) in [6, 6.07) is 11.1. The number of nitrogens with one attached hydrogen (secondary N) is 1. The first kappa shape index (κ1) is 14.5. The molecular formula is C15H21NO2. The van der Waals surface area contributed by atoms with E-state index in [2.05, 4.69) is 47.8 Å². The molecule has 1 unspecified atom stereocenters. The molecule has 0 bridgehead atoms. The van der Waals surface area contributed by atoms with E-state index in [1.807, 2.05) is 0 Å². The minimum atomic E-state index is -0.833. The molecule has 0 saturated carbocycles. The highest BCUT2D eigenvalue weighted by atomic mass is 16.4. The summed E-state index contributed by atoms with van der Waals surface area (Å²) in [5.74, 6) is -0.833. The SMILES string of the molecule is C(=CC1CCCCN1)c1ccccc1.CC(=O)O. The maximum Gasteiger partial charge on any atom is 0.300 e. The summed E-state index contributed by atoms with van der Waals surface area (Å²) in [6.07, 6.45) is 8.47. The second kappa shape index (κ2) is 8.48. The van der Waals surface area contributed by atoms with Crippen molar-refractivity contribution in [1.29, 1.82) is 0 Å². The third-order valence-electron chi connectivity index (χ3n) is 2.67. The smallest absolute Gasteiger partial charge is 0.300 e. The number of carboxylic acid groups (broad SMARTS) is 1. The maximum absolute atomic E-state index is 9.00. The first-order valence-corrected chi connectivity index (χ1v) is 6.34. The van der Waals surface area contributed by atoms with E-state index >= 15 is 0 Å². The van der Waals surface area contributed by atoms with E-state index in [0.717, 1.165) is 6.92 Å². The standard InChI is InChI=1S/C13H17N.C2H4O2/c1-2-6-12(7-3-1)9-10-13-8-4-5-11-14-13;1-2(3)4/h1-3,6-7,9-10,13-14H,4-5,8,11H2;1H3,(H,3,4). The highest BCUT2D eigenvalue weighted by Gasteiger charge is 2.07. The summed E-state index contributed by atoms with van der Waals surface area (Å²) < 4.78 is 0. The Bertz CT molecular complexity index is 363. The van der Waals surface area contributed by atoms with Gasteiger partial charge in [0.15, 0.2) is 0 Å². The molecule has 0 radical (unpaired) electrons. The van der Waals surface area contributed by atoms with E-state index in [4.69, 9.17) is 9.90 Å². The molecule has 1 aliphatic heterocycles. The Morgan fingerprint density at radius 1 is 1.33 bits per heavy atom. The third-order valence-corrected chi connectivity index (χ3v) is 2.67. The fraction of sp³-hybridized carbons (Fsp3) is 0.400. The molecule has 2 N–H and O–H groups in total. The van der Waals surface area contributed by atoms with Crippen LogP contribution in [0.3, 0.4) is 0 Å². The zero-order chi connectivity index (χ0) is 13.2. The molecule has 0 amide bonds. The topological polar surface area (TPSA) is 49.3 Å². The lowest BCUT2D eigenvalue weighted by Gasteiger charge is -2.19. The lowest BCUT2D eigenvalue weighted by atomic mass is 10.0. The van der Waals surface area contributed by atoms with Crippen molar-refractivity contribution in [3.63, 3.8) is 0 Å². The number of piperidine rings is 1. The zero-order valence-electron chi connectivity index (χ0n) is 10.8.